The largest absolute Gasteiger partial charge is 0.337 e. The maximum Gasteiger partial charge on any atom is 0.291 e. The molecule has 3 heterocycles. The summed E-state index contributed by atoms with van der Waals surface area (Å²) in [7, 11) is 1.94. The molecule has 0 N–H and O–H groups in total. The fraction of sp³-hybridized carbons (Fsp3) is 0.812. The van der Waals surface area contributed by atoms with Gasteiger partial charge in [-0.25, -0.2) is 0 Å². The zero-order valence-electron chi connectivity index (χ0n) is 13.1. The molecule has 22 heavy (non-hydrogen) atoms. The van der Waals surface area contributed by atoms with Crippen LogP contribution in [0, 0.1) is 17.8 Å². The molecule has 2 bridgehead atoms. The molecule has 4 unspecified atom stereocenters. The molecule has 1 amide bonds. The molecule has 4 fully saturated rings. The lowest BCUT2D eigenvalue weighted by atomic mass is 9.77. The van der Waals surface area contributed by atoms with Crippen LogP contribution in [0.4, 0.5) is 5.95 Å². The number of carbonyl (C=O) groups is 1. The van der Waals surface area contributed by atoms with Gasteiger partial charge in [-0.3, -0.25) is 9.36 Å². The van der Waals surface area contributed by atoms with Gasteiger partial charge in [-0.15, -0.1) is 10.2 Å². The first-order valence-corrected chi connectivity index (χ1v) is 8.69. The van der Waals surface area contributed by atoms with E-state index >= 15 is 0 Å². The van der Waals surface area contributed by atoms with Gasteiger partial charge >= 0.3 is 0 Å². The van der Waals surface area contributed by atoms with Crippen molar-refractivity contribution in [1.82, 2.24) is 19.7 Å². The Bertz CT molecular complexity index is 618. The number of likely N-dealkylation sites (tertiary alicyclic amines) is 1. The Hall–Kier alpha value is -1.59. The number of hydrogen-bond donors (Lipinski definition) is 0. The average Bonchev–Trinajstić information content (AvgIpc) is 3.22. The van der Waals surface area contributed by atoms with Crippen molar-refractivity contribution in [1.29, 1.82) is 0 Å². The highest BCUT2D eigenvalue weighted by atomic mass is 16.2. The van der Waals surface area contributed by atoms with Crippen LogP contribution in [0.2, 0.25) is 0 Å². The van der Waals surface area contributed by atoms with Crippen LogP contribution in [0.5, 0.6) is 0 Å². The van der Waals surface area contributed by atoms with Crippen molar-refractivity contribution < 1.29 is 4.79 Å². The van der Waals surface area contributed by atoms with Crippen molar-refractivity contribution in [3.05, 3.63) is 5.82 Å². The number of amides is 1. The molecule has 118 valence electrons. The second-order valence-electron chi connectivity index (χ2n) is 7.52. The Labute approximate surface area is 130 Å². The Morgan fingerprint density at radius 1 is 1.14 bits per heavy atom. The number of anilines is 1. The fourth-order valence-corrected chi connectivity index (χ4v) is 5.37. The summed E-state index contributed by atoms with van der Waals surface area (Å²) in [6, 6.07) is 0.663. The van der Waals surface area contributed by atoms with E-state index in [2.05, 4.69) is 15.1 Å². The van der Waals surface area contributed by atoms with Crippen molar-refractivity contribution in [2.45, 2.75) is 38.1 Å². The van der Waals surface area contributed by atoms with Crippen LogP contribution in [0.3, 0.4) is 0 Å². The summed E-state index contributed by atoms with van der Waals surface area (Å²) in [5, 5.41) is 8.59. The molecule has 0 spiro atoms. The van der Waals surface area contributed by atoms with E-state index in [0.29, 0.717) is 11.9 Å². The Morgan fingerprint density at radius 3 is 2.68 bits per heavy atom. The van der Waals surface area contributed by atoms with Gasteiger partial charge in [-0.2, -0.15) is 0 Å². The van der Waals surface area contributed by atoms with E-state index < -0.39 is 0 Å². The highest BCUT2D eigenvalue weighted by Crippen LogP contribution is 2.56. The summed E-state index contributed by atoms with van der Waals surface area (Å²) in [6.45, 7) is 2.83. The molecule has 6 heteroatoms. The molecule has 2 aliphatic carbocycles. The third-order valence-corrected chi connectivity index (χ3v) is 6.50. The molecule has 0 aromatic carbocycles. The van der Waals surface area contributed by atoms with E-state index in [1.165, 1.54) is 19.3 Å². The highest BCUT2D eigenvalue weighted by molar-refractivity contribution is 5.91. The molecule has 2 saturated carbocycles. The lowest BCUT2D eigenvalue weighted by Crippen LogP contribution is -2.59. The molecule has 6 nitrogen and oxygen atoms in total. The molecule has 4 aliphatic rings. The number of aromatic nitrogens is 3. The van der Waals surface area contributed by atoms with Gasteiger partial charge in [0.05, 0.1) is 0 Å². The maximum atomic E-state index is 12.5. The zero-order valence-corrected chi connectivity index (χ0v) is 13.1. The Morgan fingerprint density at radius 2 is 1.91 bits per heavy atom. The average molecular weight is 301 g/mol. The molecule has 1 aromatic rings. The number of hydrogen-bond acceptors (Lipinski definition) is 4. The minimum absolute atomic E-state index is 0.0452. The molecule has 0 radical (unpaired) electrons. The van der Waals surface area contributed by atoms with Gasteiger partial charge in [0.2, 0.25) is 11.8 Å². The molecule has 2 aliphatic heterocycles. The maximum absolute atomic E-state index is 12.5. The van der Waals surface area contributed by atoms with Crippen molar-refractivity contribution in [3.63, 3.8) is 0 Å². The van der Waals surface area contributed by atoms with Gasteiger partial charge in [0.15, 0.2) is 0 Å². The summed E-state index contributed by atoms with van der Waals surface area (Å²) in [6.07, 6.45) is 6.42. The monoisotopic (exact) mass is 301 g/mol. The van der Waals surface area contributed by atoms with Crippen molar-refractivity contribution in [2.24, 2.45) is 24.8 Å². The van der Waals surface area contributed by atoms with Crippen LogP contribution in [0.25, 0.3) is 0 Å². The zero-order chi connectivity index (χ0) is 14.8. The molecular weight excluding hydrogens is 278 g/mol. The van der Waals surface area contributed by atoms with E-state index in [1.54, 1.807) is 0 Å². The van der Waals surface area contributed by atoms with Crippen LogP contribution in [0.1, 0.15) is 42.7 Å². The molecule has 1 aromatic heterocycles. The van der Waals surface area contributed by atoms with Crippen molar-refractivity contribution >= 4 is 11.9 Å². The quantitative estimate of drug-likeness (QED) is 0.826. The normalized spacial score (nSPS) is 35.9. The minimum atomic E-state index is 0.0452. The fourth-order valence-electron chi connectivity index (χ4n) is 5.37. The van der Waals surface area contributed by atoms with E-state index in [-0.39, 0.29) is 5.91 Å². The topological polar surface area (TPSA) is 54.3 Å². The summed E-state index contributed by atoms with van der Waals surface area (Å²) >= 11 is 0. The van der Waals surface area contributed by atoms with E-state index in [1.807, 2.05) is 16.5 Å². The first kappa shape index (κ1) is 12.9. The SMILES string of the molecule is Cn1c(C(=O)N2CCCC2)nnc1N1CC2C3CCC(C3)C21. The number of carbonyl (C=O) groups excluding carboxylic acids is 1. The minimum Gasteiger partial charge on any atom is -0.337 e. The Balaban J connectivity index is 1.39. The van der Waals surface area contributed by atoms with E-state index in [4.69, 9.17) is 0 Å². The predicted molar refractivity (Wildman–Crippen MR) is 81.6 cm³/mol. The third kappa shape index (κ3) is 1.58. The van der Waals surface area contributed by atoms with Crippen LogP contribution < -0.4 is 4.90 Å². The van der Waals surface area contributed by atoms with Gasteiger partial charge in [0.1, 0.15) is 0 Å². The molecule has 5 rings (SSSR count). The summed E-state index contributed by atoms with van der Waals surface area (Å²) in [5.41, 5.74) is 0. The van der Waals surface area contributed by atoms with Gasteiger partial charge in [-0.1, -0.05) is 0 Å². The summed E-state index contributed by atoms with van der Waals surface area (Å²) < 4.78 is 1.92. The highest BCUT2D eigenvalue weighted by Gasteiger charge is 2.57. The number of rotatable bonds is 2. The van der Waals surface area contributed by atoms with Crippen molar-refractivity contribution in [2.75, 3.05) is 24.5 Å². The molecular formula is C16H23N5O. The second-order valence-corrected chi connectivity index (χ2v) is 7.52. The number of nitrogens with zero attached hydrogens (tertiary/aromatic N) is 5. The molecule has 2 saturated heterocycles. The van der Waals surface area contributed by atoms with Gasteiger partial charge in [-0.05, 0) is 43.9 Å². The van der Waals surface area contributed by atoms with E-state index in [0.717, 1.165) is 56.2 Å². The second kappa shape index (κ2) is 4.46. The lowest BCUT2D eigenvalue weighted by Gasteiger charge is -2.50. The summed E-state index contributed by atoms with van der Waals surface area (Å²) in [5.74, 6) is 4.11. The first-order valence-electron chi connectivity index (χ1n) is 8.69. The van der Waals surface area contributed by atoms with Gasteiger partial charge < -0.3 is 9.80 Å². The smallest absolute Gasteiger partial charge is 0.291 e. The van der Waals surface area contributed by atoms with Crippen LogP contribution in [-0.2, 0) is 7.05 Å². The predicted octanol–water partition coefficient (Wildman–Crippen LogP) is 1.29. The van der Waals surface area contributed by atoms with Crippen molar-refractivity contribution in [3.8, 4) is 0 Å². The lowest BCUT2D eigenvalue weighted by molar-refractivity contribution is 0.0776. The van der Waals surface area contributed by atoms with Crippen LogP contribution >= 0.6 is 0 Å². The Kier molecular flexibility index (Phi) is 2.62. The number of fused-ring (bicyclic) bond motifs is 5. The third-order valence-electron chi connectivity index (χ3n) is 6.50. The van der Waals surface area contributed by atoms with Gasteiger partial charge in [0, 0.05) is 38.6 Å². The van der Waals surface area contributed by atoms with Crippen LogP contribution in [0.15, 0.2) is 0 Å². The van der Waals surface area contributed by atoms with E-state index in [9.17, 15) is 4.79 Å². The van der Waals surface area contributed by atoms with Gasteiger partial charge in [0.25, 0.3) is 5.91 Å². The summed E-state index contributed by atoms with van der Waals surface area (Å²) in [4.78, 5) is 16.9. The molecule has 4 atom stereocenters. The standard InChI is InChI=1S/C16H23N5O/c1-19-14(15(22)20-6-2-3-7-20)17-18-16(19)21-9-12-10-4-5-11(8-10)13(12)21/h10-13H,2-9H2,1H3. The first-order chi connectivity index (χ1) is 10.7. The van der Waals surface area contributed by atoms with Crippen LogP contribution in [-0.4, -0.2) is 51.2 Å².